The lowest BCUT2D eigenvalue weighted by molar-refractivity contribution is 0.0985. The molecule has 0 bridgehead atoms. The molecule has 1 aromatic carbocycles. The second-order valence-corrected chi connectivity index (χ2v) is 10.1. The number of carbonyl (C=O) groups is 1. The van der Waals surface area contributed by atoms with E-state index in [-0.39, 0.29) is 16.1 Å². The molecule has 0 fully saturated rings. The summed E-state index contributed by atoms with van der Waals surface area (Å²) in [6, 6.07) is 3.27. The number of halogens is 3. The molecule has 1 aliphatic heterocycles. The molecule has 0 aromatic heterocycles. The third-order valence-corrected chi connectivity index (χ3v) is 6.61. The van der Waals surface area contributed by atoms with Crippen LogP contribution in [0.4, 0.5) is 5.69 Å². The Balaban J connectivity index is 2.47. The molecule has 1 amide bonds. The van der Waals surface area contributed by atoms with Crippen molar-refractivity contribution in [2.45, 2.75) is 8.02 Å². The van der Waals surface area contributed by atoms with E-state index in [1.807, 2.05) is 4.72 Å². The van der Waals surface area contributed by atoms with Crippen LogP contribution in [-0.2, 0) is 20.0 Å². The molecule has 0 saturated carbocycles. The van der Waals surface area contributed by atoms with Gasteiger partial charge in [-0.25, -0.2) is 21.6 Å². The number of anilines is 1. The molecular weight excluding hydrogens is 375 g/mol. The summed E-state index contributed by atoms with van der Waals surface area (Å²) in [4.78, 5) is 11.0. The average molecular weight is 380 g/mol. The monoisotopic (exact) mass is 378 g/mol. The van der Waals surface area contributed by atoms with Crippen LogP contribution in [0, 0.1) is 0 Å². The average Bonchev–Trinajstić information content (AvgIpc) is 2.47. The van der Waals surface area contributed by atoms with Gasteiger partial charge in [-0.3, -0.25) is 9.52 Å². The summed E-state index contributed by atoms with van der Waals surface area (Å²) in [5.74, 6) is -0.796. The molecule has 1 aliphatic rings. The topological polar surface area (TPSA) is 109 Å². The van der Waals surface area contributed by atoms with Crippen LogP contribution in [0.5, 0.6) is 0 Å². The highest BCUT2D eigenvalue weighted by molar-refractivity contribution is 7.98. The van der Waals surface area contributed by atoms with Gasteiger partial charge in [0.25, 0.3) is 26.0 Å². The third-order valence-electron chi connectivity index (χ3n) is 2.30. The summed E-state index contributed by atoms with van der Waals surface area (Å²) >= 11 is 15.8. The number of carbonyl (C=O) groups excluding carboxylic acids is 1. The molecule has 1 aromatic rings. The van der Waals surface area contributed by atoms with Gasteiger partial charge in [-0.1, -0.05) is 34.8 Å². The quantitative estimate of drug-likeness (QED) is 0.750. The standard InChI is InChI=1S/C8H5Cl3N2O5S2/c9-8(10,11)20(17,18)12-4-1-2-5-6(3-4)19(15,16)13-7(5)14/h1-3,12H,(H,13,14). The molecule has 1 heterocycles. The SMILES string of the molecule is O=C1NS(=O)(=O)c2cc(NS(=O)(=O)C(Cl)(Cl)Cl)ccc21. The number of fused-ring (bicyclic) bond motifs is 1. The van der Waals surface area contributed by atoms with Gasteiger partial charge >= 0.3 is 3.12 Å². The lowest BCUT2D eigenvalue weighted by atomic mass is 10.2. The van der Waals surface area contributed by atoms with Gasteiger partial charge < -0.3 is 0 Å². The minimum atomic E-state index is -4.37. The van der Waals surface area contributed by atoms with Gasteiger partial charge in [0.2, 0.25) is 0 Å². The van der Waals surface area contributed by atoms with Crippen molar-refractivity contribution in [3.05, 3.63) is 23.8 Å². The van der Waals surface area contributed by atoms with Crippen LogP contribution in [0.1, 0.15) is 10.4 Å². The zero-order chi connectivity index (χ0) is 15.3. The van der Waals surface area contributed by atoms with Crippen molar-refractivity contribution in [1.29, 1.82) is 0 Å². The maximum Gasteiger partial charge on any atom is 0.311 e. The van der Waals surface area contributed by atoms with Gasteiger partial charge in [0.1, 0.15) is 4.90 Å². The first-order valence-electron chi connectivity index (χ1n) is 4.74. The van der Waals surface area contributed by atoms with E-state index in [2.05, 4.69) is 0 Å². The second kappa shape index (κ2) is 4.63. The predicted molar refractivity (Wildman–Crippen MR) is 73.9 cm³/mol. The number of benzene rings is 1. The van der Waals surface area contributed by atoms with Crippen molar-refractivity contribution in [3.63, 3.8) is 0 Å². The molecular formula is C8H5Cl3N2O5S2. The maximum atomic E-state index is 11.6. The first-order chi connectivity index (χ1) is 8.94. The lowest BCUT2D eigenvalue weighted by Gasteiger charge is -2.14. The highest BCUT2D eigenvalue weighted by Crippen LogP contribution is 2.34. The molecule has 12 heteroatoms. The van der Waals surface area contributed by atoms with E-state index in [9.17, 15) is 21.6 Å². The fourth-order valence-electron chi connectivity index (χ4n) is 1.44. The smallest absolute Gasteiger partial charge is 0.280 e. The molecule has 0 aliphatic carbocycles. The van der Waals surface area contributed by atoms with E-state index in [4.69, 9.17) is 34.8 Å². The molecule has 2 N–H and O–H groups in total. The highest BCUT2D eigenvalue weighted by Gasteiger charge is 2.39. The van der Waals surface area contributed by atoms with Crippen LogP contribution in [0.2, 0.25) is 0 Å². The summed E-state index contributed by atoms with van der Waals surface area (Å²) in [7, 11) is -8.37. The lowest BCUT2D eigenvalue weighted by Crippen LogP contribution is -2.27. The number of alkyl halides is 3. The predicted octanol–water partition coefficient (Wildman–Crippen LogP) is 1.19. The van der Waals surface area contributed by atoms with Gasteiger partial charge in [-0.15, -0.1) is 0 Å². The van der Waals surface area contributed by atoms with Gasteiger partial charge in [-0.05, 0) is 18.2 Å². The van der Waals surface area contributed by atoms with E-state index >= 15 is 0 Å². The summed E-state index contributed by atoms with van der Waals surface area (Å²) in [6.07, 6.45) is 0. The summed E-state index contributed by atoms with van der Waals surface area (Å²) in [6.45, 7) is 0. The third kappa shape index (κ3) is 2.68. The van der Waals surface area contributed by atoms with Crippen LogP contribution in [0.15, 0.2) is 23.1 Å². The van der Waals surface area contributed by atoms with Crippen molar-refractivity contribution in [1.82, 2.24) is 4.72 Å². The normalized spacial score (nSPS) is 17.4. The van der Waals surface area contributed by atoms with Crippen molar-refractivity contribution < 1.29 is 21.6 Å². The Labute approximate surface area is 129 Å². The Morgan fingerprint density at radius 3 is 2.35 bits per heavy atom. The number of amides is 1. The van der Waals surface area contributed by atoms with Crippen molar-refractivity contribution in [2.75, 3.05) is 4.72 Å². The molecule has 0 unspecified atom stereocenters. The van der Waals surface area contributed by atoms with Crippen LogP contribution in [0.25, 0.3) is 0 Å². The van der Waals surface area contributed by atoms with E-state index in [1.165, 1.54) is 6.07 Å². The Bertz CT molecular complexity index is 798. The number of hydrogen-bond donors (Lipinski definition) is 2. The summed E-state index contributed by atoms with van der Waals surface area (Å²) in [5.41, 5.74) is -0.253. The van der Waals surface area contributed by atoms with Gasteiger partial charge in [0.05, 0.1) is 11.3 Å². The summed E-state index contributed by atoms with van der Waals surface area (Å²) in [5, 5.41) is 0. The fraction of sp³-hybridized carbons (Fsp3) is 0.125. The fourth-order valence-corrected chi connectivity index (χ4v) is 3.54. The first-order valence-corrected chi connectivity index (χ1v) is 8.84. The largest absolute Gasteiger partial charge is 0.311 e. The van der Waals surface area contributed by atoms with E-state index < -0.39 is 29.1 Å². The number of rotatable bonds is 2. The maximum absolute atomic E-state index is 11.6. The van der Waals surface area contributed by atoms with E-state index in [0.29, 0.717) is 0 Å². The minimum absolute atomic E-state index is 0.0955. The molecule has 20 heavy (non-hydrogen) atoms. The molecule has 0 spiro atoms. The van der Waals surface area contributed by atoms with Gasteiger partial charge in [-0.2, -0.15) is 0 Å². The Kier molecular flexibility index (Phi) is 3.63. The van der Waals surface area contributed by atoms with Crippen LogP contribution in [-0.4, -0.2) is 25.9 Å². The van der Waals surface area contributed by atoms with E-state index in [1.54, 1.807) is 4.72 Å². The number of sulfonamides is 2. The number of hydrogen-bond acceptors (Lipinski definition) is 5. The van der Waals surface area contributed by atoms with Crippen LogP contribution >= 0.6 is 34.8 Å². The van der Waals surface area contributed by atoms with Crippen LogP contribution in [0.3, 0.4) is 0 Å². The second-order valence-electron chi connectivity index (χ2n) is 3.70. The molecule has 0 radical (unpaired) electrons. The number of nitrogens with one attached hydrogen (secondary N) is 2. The zero-order valence-corrected chi connectivity index (χ0v) is 13.1. The van der Waals surface area contributed by atoms with Gasteiger partial charge in [0.15, 0.2) is 0 Å². The Hall–Kier alpha value is -0.740. The minimum Gasteiger partial charge on any atom is -0.280 e. The van der Waals surface area contributed by atoms with E-state index in [0.717, 1.165) is 12.1 Å². The van der Waals surface area contributed by atoms with Crippen LogP contribution < -0.4 is 9.44 Å². The van der Waals surface area contributed by atoms with Crippen molar-refractivity contribution in [3.8, 4) is 0 Å². The first kappa shape index (κ1) is 15.6. The molecule has 110 valence electrons. The highest BCUT2D eigenvalue weighted by atomic mass is 35.6. The van der Waals surface area contributed by atoms with Crippen molar-refractivity contribution >= 4 is 66.4 Å². The van der Waals surface area contributed by atoms with Crippen molar-refractivity contribution in [2.24, 2.45) is 0 Å². The molecule has 7 nitrogen and oxygen atoms in total. The molecule has 0 saturated heterocycles. The van der Waals surface area contributed by atoms with Gasteiger partial charge in [0, 0.05) is 0 Å². The molecule has 0 atom stereocenters. The Morgan fingerprint density at radius 1 is 1.20 bits per heavy atom. The molecule has 2 rings (SSSR count). The zero-order valence-electron chi connectivity index (χ0n) is 9.22. The Morgan fingerprint density at radius 2 is 1.80 bits per heavy atom. The summed E-state index contributed by atoms with van der Waals surface area (Å²) < 4.78 is 47.4.